The van der Waals surface area contributed by atoms with Crippen molar-refractivity contribution >= 4 is 0 Å². The summed E-state index contributed by atoms with van der Waals surface area (Å²) in [6.07, 6.45) is 1.39. The molecule has 1 N–H and O–H groups in total. The third-order valence-electron chi connectivity index (χ3n) is 4.23. The maximum Gasteiger partial charge on any atom is 0.119 e. The average Bonchev–Trinajstić information content (AvgIpc) is 3.43. The Bertz CT molecular complexity index is 694. The van der Waals surface area contributed by atoms with Crippen molar-refractivity contribution in [2.24, 2.45) is 5.92 Å². The van der Waals surface area contributed by atoms with Gasteiger partial charge in [0.15, 0.2) is 0 Å². The van der Waals surface area contributed by atoms with E-state index in [0.717, 1.165) is 30.9 Å². The van der Waals surface area contributed by atoms with Crippen molar-refractivity contribution in [3.05, 3.63) is 59.7 Å². The van der Waals surface area contributed by atoms with Gasteiger partial charge in [-0.3, -0.25) is 0 Å². The highest BCUT2D eigenvalue weighted by Crippen LogP contribution is 2.21. The highest BCUT2D eigenvalue weighted by atomic mass is 16.6. The van der Waals surface area contributed by atoms with E-state index in [1.807, 2.05) is 30.3 Å². The molecule has 26 heavy (non-hydrogen) atoms. The molecule has 4 heteroatoms. The Kier molecular flexibility index (Phi) is 6.53. The summed E-state index contributed by atoms with van der Waals surface area (Å²) < 4.78 is 16.7. The second-order valence-electron chi connectivity index (χ2n) is 7.33. The Morgan fingerprint density at radius 2 is 1.65 bits per heavy atom. The summed E-state index contributed by atoms with van der Waals surface area (Å²) in [4.78, 5) is 0. The lowest BCUT2D eigenvalue weighted by Crippen LogP contribution is -2.19. The molecule has 2 atom stereocenters. The van der Waals surface area contributed by atoms with Crippen molar-refractivity contribution in [2.75, 3.05) is 19.8 Å². The lowest BCUT2D eigenvalue weighted by molar-refractivity contribution is 0.0892. The zero-order valence-electron chi connectivity index (χ0n) is 15.6. The van der Waals surface area contributed by atoms with Gasteiger partial charge in [0.05, 0.1) is 12.7 Å². The molecule has 3 rings (SSSR count). The van der Waals surface area contributed by atoms with Gasteiger partial charge in [0.2, 0.25) is 0 Å². The van der Waals surface area contributed by atoms with E-state index in [4.69, 9.17) is 14.2 Å². The van der Waals surface area contributed by atoms with E-state index < -0.39 is 6.10 Å². The van der Waals surface area contributed by atoms with Gasteiger partial charge < -0.3 is 19.3 Å². The summed E-state index contributed by atoms with van der Waals surface area (Å²) >= 11 is 0. The molecule has 1 heterocycles. The minimum Gasteiger partial charge on any atom is -0.491 e. The van der Waals surface area contributed by atoms with Crippen molar-refractivity contribution < 1.29 is 19.3 Å². The van der Waals surface area contributed by atoms with E-state index in [9.17, 15) is 5.11 Å². The van der Waals surface area contributed by atoms with Crippen LogP contribution in [-0.4, -0.2) is 37.1 Å². The maximum absolute atomic E-state index is 9.96. The standard InChI is InChI=1S/C22H28O4/c1-16(2)9-19(23)13-24-20-7-3-5-17(11-20)10-18-6-4-8-21(12-18)25-14-22-15-26-22/h3-8,11-12,16,19,22-23H,9-10,13-15H2,1-2H3. The van der Waals surface area contributed by atoms with Crippen molar-refractivity contribution in [3.8, 4) is 11.5 Å². The summed E-state index contributed by atoms with van der Waals surface area (Å²) in [6, 6.07) is 16.2. The van der Waals surface area contributed by atoms with Crippen LogP contribution in [0.3, 0.4) is 0 Å². The van der Waals surface area contributed by atoms with E-state index in [2.05, 4.69) is 32.0 Å². The van der Waals surface area contributed by atoms with Crippen LogP contribution >= 0.6 is 0 Å². The summed E-state index contributed by atoms with van der Waals surface area (Å²) in [5, 5.41) is 9.96. The van der Waals surface area contributed by atoms with E-state index in [1.165, 1.54) is 11.1 Å². The zero-order valence-corrected chi connectivity index (χ0v) is 15.6. The van der Waals surface area contributed by atoms with Crippen LogP contribution < -0.4 is 9.47 Å². The van der Waals surface area contributed by atoms with Gasteiger partial charge in [0.1, 0.15) is 30.8 Å². The number of hydrogen-bond donors (Lipinski definition) is 1. The fourth-order valence-corrected chi connectivity index (χ4v) is 2.88. The van der Waals surface area contributed by atoms with Gasteiger partial charge >= 0.3 is 0 Å². The second-order valence-corrected chi connectivity index (χ2v) is 7.33. The maximum atomic E-state index is 9.96. The van der Waals surface area contributed by atoms with Crippen LogP contribution in [0.1, 0.15) is 31.4 Å². The molecule has 1 aliphatic rings. The fraction of sp³-hybridized carbons (Fsp3) is 0.455. The number of aliphatic hydroxyl groups is 1. The fourth-order valence-electron chi connectivity index (χ4n) is 2.88. The molecule has 1 aliphatic heterocycles. The molecular formula is C22H28O4. The Labute approximate surface area is 155 Å². The molecule has 0 radical (unpaired) electrons. The Hall–Kier alpha value is -2.04. The third-order valence-corrected chi connectivity index (χ3v) is 4.23. The normalized spacial score (nSPS) is 17.2. The Morgan fingerprint density at radius 1 is 1.04 bits per heavy atom. The van der Waals surface area contributed by atoms with Gasteiger partial charge in [-0.25, -0.2) is 0 Å². The average molecular weight is 356 g/mol. The van der Waals surface area contributed by atoms with E-state index in [1.54, 1.807) is 0 Å². The summed E-state index contributed by atoms with van der Waals surface area (Å²) in [6.45, 7) is 5.94. The van der Waals surface area contributed by atoms with Gasteiger partial charge in [0, 0.05) is 0 Å². The van der Waals surface area contributed by atoms with E-state index >= 15 is 0 Å². The largest absolute Gasteiger partial charge is 0.491 e. The predicted molar refractivity (Wildman–Crippen MR) is 102 cm³/mol. The topological polar surface area (TPSA) is 51.2 Å². The predicted octanol–water partition coefficient (Wildman–Crippen LogP) is 3.84. The zero-order chi connectivity index (χ0) is 18.4. The molecule has 0 amide bonds. The highest BCUT2D eigenvalue weighted by Gasteiger charge is 2.23. The lowest BCUT2D eigenvalue weighted by atomic mass is 10.0. The summed E-state index contributed by atoms with van der Waals surface area (Å²) in [5.41, 5.74) is 2.36. The molecule has 0 bridgehead atoms. The SMILES string of the molecule is CC(C)CC(O)COc1cccc(Cc2cccc(OCC3CO3)c2)c1. The Balaban J connectivity index is 1.55. The van der Waals surface area contributed by atoms with E-state index in [0.29, 0.717) is 19.1 Å². The van der Waals surface area contributed by atoms with E-state index in [-0.39, 0.29) is 6.10 Å². The first kappa shape index (κ1) is 18.7. The molecule has 2 aromatic rings. The number of rotatable bonds is 10. The number of hydrogen-bond acceptors (Lipinski definition) is 4. The molecule has 2 aromatic carbocycles. The number of epoxide rings is 1. The summed E-state index contributed by atoms with van der Waals surface area (Å²) in [5.74, 6) is 2.13. The number of ether oxygens (including phenoxy) is 3. The molecule has 0 aliphatic carbocycles. The van der Waals surface area contributed by atoms with Crippen LogP contribution in [0.25, 0.3) is 0 Å². The first-order chi connectivity index (χ1) is 12.6. The van der Waals surface area contributed by atoms with Gasteiger partial charge in [-0.15, -0.1) is 0 Å². The van der Waals surface area contributed by atoms with Crippen LogP contribution in [0, 0.1) is 5.92 Å². The van der Waals surface area contributed by atoms with Crippen molar-refractivity contribution in [1.29, 1.82) is 0 Å². The first-order valence-corrected chi connectivity index (χ1v) is 9.31. The molecule has 1 saturated heterocycles. The first-order valence-electron chi connectivity index (χ1n) is 9.31. The molecule has 0 saturated carbocycles. The second kappa shape index (κ2) is 9.06. The molecule has 0 aromatic heterocycles. The number of aliphatic hydroxyl groups excluding tert-OH is 1. The van der Waals surface area contributed by atoms with Crippen LogP contribution in [0.15, 0.2) is 48.5 Å². The van der Waals surface area contributed by atoms with Crippen LogP contribution in [0.5, 0.6) is 11.5 Å². The van der Waals surface area contributed by atoms with Crippen LogP contribution in [0.4, 0.5) is 0 Å². The third kappa shape index (κ3) is 6.36. The van der Waals surface area contributed by atoms with Crippen molar-refractivity contribution in [3.63, 3.8) is 0 Å². The monoisotopic (exact) mass is 356 g/mol. The van der Waals surface area contributed by atoms with Crippen molar-refractivity contribution in [2.45, 2.75) is 38.9 Å². The molecule has 0 spiro atoms. The van der Waals surface area contributed by atoms with Gasteiger partial charge in [-0.1, -0.05) is 38.1 Å². The van der Waals surface area contributed by atoms with Gasteiger partial charge in [0.25, 0.3) is 0 Å². The van der Waals surface area contributed by atoms with Crippen LogP contribution in [0.2, 0.25) is 0 Å². The quantitative estimate of drug-likeness (QED) is 0.657. The Morgan fingerprint density at radius 3 is 2.23 bits per heavy atom. The highest BCUT2D eigenvalue weighted by molar-refractivity contribution is 5.35. The molecular weight excluding hydrogens is 328 g/mol. The van der Waals surface area contributed by atoms with Gasteiger partial charge in [-0.05, 0) is 54.2 Å². The van der Waals surface area contributed by atoms with Gasteiger partial charge in [-0.2, -0.15) is 0 Å². The number of benzene rings is 2. The minimum atomic E-state index is -0.428. The molecule has 140 valence electrons. The lowest BCUT2D eigenvalue weighted by Gasteiger charge is -2.14. The van der Waals surface area contributed by atoms with Crippen molar-refractivity contribution in [1.82, 2.24) is 0 Å². The summed E-state index contributed by atoms with van der Waals surface area (Å²) in [7, 11) is 0. The van der Waals surface area contributed by atoms with Crippen LogP contribution in [-0.2, 0) is 11.2 Å². The minimum absolute atomic E-state index is 0.263. The smallest absolute Gasteiger partial charge is 0.119 e. The molecule has 2 unspecified atom stereocenters. The molecule has 4 nitrogen and oxygen atoms in total. The molecule has 1 fully saturated rings.